The number of benzene rings is 1. The van der Waals surface area contributed by atoms with Gasteiger partial charge in [-0.2, -0.15) is 0 Å². The van der Waals surface area contributed by atoms with Gasteiger partial charge in [0.05, 0.1) is 0 Å². The first-order valence-corrected chi connectivity index (χ1v) is 6.08. The molecule has 1 aliphatic rings. The lowest BCUT2D eigenvalue weighted by Gasteiger charge is -2.37. The lowest BCUT2D eigenvalue weighted by atomic mass is 9.79. The van der Waals surface area contributed by atoms with Crippen LogP contribution in [0.25, 0.3) is 0 Å². The van der Waals surface area contributed by atoms with Crippen LogP contribution >= 0.6 is 0 Å². The van der Waals surface area contributed by atoms with Gasteiger partial charge in [-0.3, -0.25) is 0 Å². The number of fused-ring (bicyclic) bond motifs is 1. The molecule has 0 saturated carbocycles. The highest BCUT2D eigenvalue weighted by atomic mass is 19.4. The highest BCUT2D eigenvalue weighted by Crippen LogP contribution is 2.31. The van der Waals surface area contributed by atoms with E-state index in [4.69, 9.17) is 0 Å². The highest BCUT2D eigenvalue weighted by Gasteiger charge is 2.30. The second-order valence-electron chi connectivity index (χ2n) is 5.05. The van der Waals surface area contributed by atoms with Crippen LogP contribution in [0, 0.1) is 5.92 Å². The summed E-state index contributed by atoms with van der Waals surface area (Å²) in [5.74, 6) is 0.369. The summed E-state index contributed by atoms with van der Waals surface area (Å²) in [5, 5.41) is 0. The predicted octanol–water partition coefficient (Wildman–Crippen LogP) is 3.63. The van der Waals surface area contributed by atoms with E-state index in [-0.39, 0.29) is 6.54 Å². The summed E-state index contributed by atoms with van der Waals surface area (Å²) in [4.78, 5) is 1.79. The van der Waals surface area contributed by atoms with Gasteiger partial charge in [0.2, 0.25) is 0 Å². The van der Waals surface area contributed by atoms with Crippen molar-refractivity contribution >= 4 is 12.7 Å². The minimum atomic E-state index is -4.95. The largest absolute Gasteiger partial charge is 0.506 e. The van der Waals surface area contributed by atoms with Crippen LogP contribution in [0.3, 0.4) is 0 Å². The summed E-state index contributed by atoms with van der Waals surface area (Å²) in [6.07, 6.45) is 0.927. The fraction of sp³-hybridized carbons (Fsp3) is 0.385. The maximum atomic E-state index is 12.6. The van der Waals surface area contributed by atoms with E-state index >= 15 is 0 Å². The molecule has 2 rings (SSSR count). The molecule has 0 N–H and O–H groups in total. The van der Waals surface area contributed by atoms with Gasteiger partial charge >= 0.3 is 6.98 Å². The Labute approximate surface area is 105 Å². The fourth-order valence-corrected chi connectivity index (χ4v) is 2.40. The van der Waals surface area contributed by atoms with Crippen LogP contribution in [0.1, 0.15) is 12.5 Å². The molecule has 0 aromatic heterocycles. The Morgan fingerprint density at radius 3 is 2.72 bits per heavy atom. The number of hydrogen-bond donors (Lipinski definition) is 0. The van der Waals surface area contributed by atoms with E-state index in [1.807, 2.05) is 24.3 Å². The summed E-state index contributed by atoms with van der Waals surface area (Å²) >= 11 is 0. The van der Waals surface area contributed by atoms with Crippen molar-refractivity contribution in [3.05, 3.63) is 41.9 Å². The number of anilines is 1. The fourth-order valence-electron chi connectivity index (χ4n) is 2.40. The average molecular weight is 254 g/mol. The monoisotopic (exact) mass is 254 g/mol. The Morgan fingerprint density at radius 2 is 2.06 bits per heavy atom. The molecule has 0 amide bonds. The zero-order valence-corrected chi connectivity index (χ0v) is 10.4. The van der Waals surface area contributed by atoms with Gasteiger partial charge < -0.3 is 17.8 Å². The van der Waals surface area contributed by atoms with E-state index in [1.165, 1.54) is 0 Å². The third-order valence-electron chi connectivity index (χ3n) is 3.29. The third kappa shape index (κ3) is 2.71. The Balaban J connectivity index is 2.22. The SMILES string of the molecule is C=C(CN1CC(C)Cc2ccccc21)[B-](F)(F)F. The quantitative estimate of drug-likeness (QED) is 0.744. The van der Waals surface area contributed by atoms with Crippen molar-refractivity contribution in [2.75, 3.05) is 18.0 Å². The second-order valence-corrected chi connectivity index (χ2v) is 5.05. The Bertz CT molecular complexity index is 456. The number of rotatable bonds is 3. The highest BCUT2D eigenvalue weighted by molar-refractivity contribution is 6.66. The standard InChI is InChI=1S/C13H16BF3N/c1-10-7-12-5-3-4-6-13(12)18(8-10)9-11(2)14(15,16)17/h3-6,10H,2,7-9H2,1H3/q-1. The van der Waals surface area contributed by atoms with Gasteiger partial charge in [-0.15, -0.1) is 12.1 Å². The van der Waals surface area contributed by atoms with Crippen molar-refractivity contribution in [2.45, 2.75) is 13.3 Å². The van der Waals surface area contributed by atoms with Crippen molar-refractivity contribution in [1.29, 1.82) is 0 Å². The van der Waals surface area contributed by atoms with E-state index in [0.717, 1.165) is 17.7 Å². The summed E-state index contributed by atoms with van der Waals surface area (Å²) in [7, 11) is 0. The van der Waals surface area contributed by atoms with Crippen LogP contribution in [0.4, 0.5) is 18.6 Å². The summed E-state index contributed by atoms with van der Waals surface area (Å²) in [5.41, 5.74) is 1.41. The molecule has 0 fully saturated rings. The number of hydrogen-bond acceptors (Lipinski definition) is 1. The first kappa shape index (κ1) is 13.1. The van der Waals surface area contributed by atoms with E-state index < -0.39 is 12.4 Å². The van der Waals surface area contributed by atoms with Gasteiger partial charge in [0, 0.05) is 18.8 Å². The van der Waals surface area contributed by atoms with Crippen molar-refractivity contribution in [2.24, 2.45) is 5.92 Å². The maximum Gasteiger partial charge on any atom is 0.506 e. The third-order valence-corrected chi connectivity index (χ3v) is 3.29. The summed E-state index contributed by atoms with van der Waals surface area (Å²) in [6, 6.07) is 7.66. The smallest absolute Gasteiger partial charge is 0.445 e. The van der Waals surface area contributed by atoms with Crippen LogP contribution in [0.15, 0.2) is 36.3 Å². The number of nitrogens with zero attached hydrogens (tertiary/aromatic N) is 1. The molecule has 1 aromatic carbocycles. The van der Waals surface area contributed by atoms with Gasteiger partial charge in [0.1, 0.15) is 0 Å². The topological polar surface area (TPSA) is 3.24 Å². The van der Waals surface area contributed by atoms with Gasteiger partial charge in [-0.1, -0.05) is 25.1 Å². The molecule has 18 heavy (non-hydrogen) atoms. The minimum Gasteiger partial charge on any atom is -0.445 e. The Morgan fingerprint density at radius 1 is 1.39 bits per heavy atom. The van der Waals surface area contributed by atoms with Crippen LogP contribution < -0.4 is 4.90 Å². The van der Waals surface area contributed by atoms with Crippen LogP contribution in [-0.4, -0.2) is 20.1 Å². The first-order valence-electron chi connectivity index (χ1n) is 6.08. The van der Waals surface area contributed by atoms with Crippen molar-refractivity contribution in [3.8, 4) is 0 Å². The van der Waals surface area contributed by atoms with Crippen LogP contribution in [0.5, 0.6) is 0 Å². The van der Waals surface area contributed by atoms with E-state index in [9.17, 15) is 12.9 Å². The lowest BCUT2D eigenvalue weighted by Crippen LogP contribution is -2.38. The van der Waals surface area contributed by atoms with Crippen LogP contribution in [-0.2, 0) is 6.42 Å². The van der Waals surface area contributed by atoms with Crippen molar-refractivity contribution < 1.29 is 12.9 Å². The average Bonchev–Trinajstić information content (AvgIpc) is 2.27. The van der Waals surface area contributed by atoms with E-state index in [0.29, 0.717) is 12.5 Å². The van der Waals surface area contributed by atoms with E-state index in [1.54, 1.807) is 4.90 Å². The van der Waals surface area contributed by atoms with Gasteiger partial charge in [-0.25, -0.2) is 0 Å². The molecule has 0 spiro atoms. The van der Waals surface area contributed by atoms with Crippen molar-refractivity contribution in [3.63, 3.8) is 0 Å². The minimum absolute atomic E-state index is 0.120. The molecule has 0 saturated heterocycles. The van der Waals surface area contributed by atoms with Gasteiger partial charge in [0.15, 0.2) is 0 Å². The Hall–Kier alpha value is -1.39. The van der Waals surface area contributed by atoms with Gasteiger partial charge in [-0.05, 0) is 24.0 Å². The molecule has 0 bridgehead atoms. The molecule has 0 radical (unpaired) electrons. The molecule has 1 aliphatic heterocycles. The van der Waals surface area contributed by atoms with Crippen LogP contribution in [0.2, 0.25) is 0 Å². The molecule has 1 aromatic rings. The predicted molar refractivity (Wildman–Crippen MR) is 69.7 cm³/mol. The summed E-state index contributed by atoms with van der Waals surface area (Å²) in [6.45, 7) is 0.828. The molecule has 1 heterocycles. The molecule has 1 atom stereocenters. The molecule has 1 nitrogen and oxygen atoms in total. The maximum absolute atomic E-state index is 12.6. The van der Waals surface area contributed by atoms with Gasteiger partial charge in [0.25, 0.3) is 0 Å². The second kappa shape index (κ2) is 4.71. The molecule has 1 unspecified atom stereocenters. The molecule has 98 valence electrons. The van der Waals surface area contributed by atoms with Crippen molar-refractivity contribution in [1.82, 2.24) is 0 Å². The molecule has 5 heteroatoms. The Kier molecular flexibility index (Phi) is 3.42. The summed E-state index contributed by atoms with van der Waals surface area (Å²) < 4.78 is 37.8. The number of halogens is 3. The lowest BCUT2D eigenvalue weighted by molar-refractivity contribution is 0.483. The zero-order valence-electron chi connectivity index (χ0n) is 10.4. The first-order chi connectivity index (χ1) is 8.38. The number of para-hydroxylation sites is 1. The molecular weight excluding hydrogens is 238 g/mol. The molecule has 0 aliphatic carbocycles. The molecular formula is C13H16BF3N-. The van der Waals surface area contributed by atoms with E-state index in [2.05, 4.69) is 13.5 Å². The zero-order chi connectivity index (χ0) is 13.3. The normalized spacial score (nSPS) is 19.6.